The maximum atomic E-state index is 12.2. The van der Waals surface area contributed by atoms with Crippen molar-refractivity contribution < 1.29 is 9.53 Å². The molecule has 0 unspecified atom stereocenters. The number of hydrogen-bond donors (Lipinski definition) is 0. The molecule has 0 radical (unpaired) electrons. The first kappa shape index (κ1) is 15.0. The molecular weight excluding hydrogens is 288 g/mol. The van der Waals surface area contributed by atoms with E-state index in [9.17, 15) is 4.79 Å². The Kier molecular flexibility index (Phi) is 3.98. The topological polar surface area (TPSA) is 44.1 Å². The van der Waals surface area contributed by atoms with Crippen LogP contribution in [0.1, 0.15) is 27.3 Å². The van der Waals surface area contributed by atoms with Crippen LogP contribution in [0.15, 0.2) is 54.6 Å². The Morgan fingerprint density at radius 3 is 2.17 bits per heavy atom. The Morgan fingerprint density at radius 2 is 1.61 bits per heavy atom. The summed E-state index contributed by atoms with van der Waals surface area (Å²) in [7, 11) is 0. The van der Waals surface area contributed by atoms with E-state index in [1.54, 1.807) is 24.3 Å². The normalized spacial score (nSPS) is 10.6. The summed E-state index contributed by atoms with van der Waals surface area (Å²) < 4.78 is 7.22. The third-order valence-electron chi connectivity index (χ3n) is 3.59. The number of aryl methyl sites for hydroxylation is 3. The lowest BCUT2D eigenvalue weighted by Crippen LogP contribution is -2.09. The third kappa shape index (κ3) is 3.31. The van der Waals surface area contributed by atoms with Crippen LogP contribution in [0, 0.1) is 20.8 Å². The third-order valence-corrected chi connectivity index (χ3v) is 3.59. The number of benzene rings is 2. The Balaban J connectivity index is 1.77. The molecule has 2 aromatic carbocycles. The Bertz CT molecular complexity index is 831. The van der Waals surface area contributed by atoms with E-state index in [1.165, 1.54) is 0 Å². The van der Waals surface area contributed by atoms with Crippen molar-refractivity contribution in [2.24, 2.45) is 0 Å². The van der Waals surface area contributed by atoms with Gasteiger partial charge in [-0.3, -0.25) is 0 Å². The van der Waals surface area contributed by atoms with Crippen molar-refractivity contribution >= 4 is 5.97 Å². The number of carbonyl (C=O) groups excluding carboxylic acids is 1. The summed E-state index contributed by atoms with van der Waals surface area (Å²) in [6.07, 6.45) is 0. The first-order chi connectivity index (χ1) is 11.0. The quantitative estimate of drug-likeness (QED) is 0.542. The van der Waals surface area contributed by atoms with Gasteiger partial charge in [-0.1, -0.05) is 17.7 Å². The minimum Gasteiger partial charge on any atom is -0.423 e. The van der Waals surface area contributed by atoms with E-state index >= 15 is 0 Å². The molecule has 0 amide bonds. The van der Waals surface area contributed by atoms with Gasteiger partial charge in [0.25, 0.3) is 0 Å². The van der Waals surface area contributed by atoms with Crippen molar-refractivity contribution in [3.63, 3.8) is 0 Å². The minimum absolute atomic E-state index is 0.367. The van der Waals surface area contributed by atoms with Gasteiger partial charge in [0.15, 0.2) is 0 Å². The summed E-state index contributed by atoms with van der Waals surface area (Å²) in [4.78, 5) is 12.2. The fourth-order valence-corrected chi connectivity index (χ4v) is 2.40. The molecule has 3 rings (SSSR count). The van der Waals surface area contributed by atoms with Crippen LogP contribution in [0.5, 0.6) is 5.75 Å². The van der Waals surface area contributed by atoms with Crippen molar-refractivity contribution in [2.75, 3.05) is 0 Å². The van der Waals surface area contributed by atoms with Gasteiger partial charge in [-0.25, -0.2) is 9.48 Å². The number of ether oxygens (including phenoxy) is 1. The second-order valence-corrected chi connectivity index (χ2v) is 5.59. The molecule has 0 fully saturated rings. The summed E-state index contributed by atoms with van der Waals surface area (Å²) in [6, 6.07) is 16.7. The van der Waals surface area contributed by atoms with Gasteiger partial charge < -0.3 is 4.74 Å². The van der Waals surface area contributed by atoms with Crippen molar-refractivity contribution in [1.82, 2.24) is 9.78 Å². The molecule has 0 N–H and O–H groups in total. The second-order valence-electron chi connectivity index (χ2n) is 5.59. The van der Waals surface area contributed by atoms with Gasteiger partial charge in [0.1, 0.15) is 5.75 Å². The maximum Gasteiger partial charge on any atom is 0.343 e. The number of esters is 1. The number of nitrogens with zero attached hydrogens (tertiary/aromatic N) is 2. The molecule has 23 heavy (non-hydrogen) atoms. The second kappa shape index (κ2) is 6.08. The monoisotopic (exact) mass is 306 g/mol. The molecule has 4 heteroatoms. The van der Waals surface area contributed by atoms with Crippen molar-refractivity contribution in [3.8, 4) is 11.4 Å². The van der Waals surface area contributed by atoms with E-state index in [0.29, 0.717) is 11.3 Å². The first-order valence-corrected chi connectivity index (χ1v) is 7.45. The van der Waals surface area contributed by atoms with Gasteiger partial charge >= 0.3 is 5.97 Å². The highest BCUT2D eigenvalue weighted by Crippen LogP contribution is 2.16. The summed E-state index contributed by atoms with van der Waals surface area (Å²) in [6.45, 7) is 5.94. The van der Waals surface area contributed by atoms with Crippen LogP contribution in [0.3, 0.4) is 0 Å². The molecule has 0 spiro atoms. The highest BCUT2D eigenvalue weighted by Gasteiger charge is 2.10. The van der Waals surface area contributed by atoms with E-state index in [0.717, 1.165) is 22.6 Å². The van der Waals surface area contributed by atoms with Gasteiger partial charge in [-0.15, -0.1) is 0 Å². The smallest absolute Gasteiger partial charge is 0.343 e. The van der Waals surface area contributed by atoms with E-state index in [1.807, 2.05) is 55.8 Å². The standard InChI is InChI=1S/C19H18N2O2/c1-13-4-10-18(11-5-13)23-19(22)16-6-8-17(9-7-16)21-15(3)12-14(2)20-21/h4-12H,1-3H3. The van der Waals surface area contributed by atoms with Gasteiger partial charge in [-0.05, 0) is 63.2 Å². The molecule has 0 saturated carbocycles. The zero-order valence-corrected chi connectivity index (χ0v) is 13.4. The van der Waals surface area contributed by atoms with Gasteiger partial charge in [0.05, 0.1) is 16.9 Å². The molecule has 116 valence electrons. The Hall–Kier alpha value is -2.88. The molecule has 0 saturated heterocycles. The average Bonchev–Trinajstić information content (AvgIpc) is 2.88. The van der Waals surface area contributed by atoms with Gasteiger partial charge in [-0.2, -0.15) is 5.10 Å². The Morgan fingerprint density at radius 1 is 0.957 bits per heavy atom. The van der Waals surface area contributed by atoms with Crippen LogP contribution in [0.2, 0.25) is 0 Å². The van der Waals surface area contributed by atoms with Crippen LogP contribution in [-0.4, -0.2) is 15.7 Å². The van der Waals surface area contributed by atoms with Crippen LogP contribution in [-0.2, 0) is 0 Å². The average molecular weight is 306 g/mol. The maximum absolute atomic E-state index is 12.2. The molecular formula is C19H18N2O2. The van der Waals surface area contributed by atoms with Gasteiger partial charge in [0, 0.05) is 5.69 Å². The molecule has 4 nitrogen and oxygen atoms in total. The molecule has 0 bridgehead atoms. The molecule has 0 aliphatic carbocycles. The van der Waals surface area contributed by atoms with Crippen molar-refractivity contribution in [3.05, 3.63) is 77.1 Å². The fourth-order valence-electron chi connectivity index (χ4n) is 2.40. The molecule has 0 aliphatic rings. The molecule has 0 atom stereocenters. The predicted octanol–water partition coefficient (Wildman–Crippen LogP) is 4.02. The highest BCUT2D eigenvalue weighted by atomic mass is 16.5. The lowest BCUT2D eigenvalue weighted by atomic mass is 10.2. The molecule has 3 aromatic rings. The predicted molar refractivity (Wildman–Crippen MR) is 89.2 cm³/mol. The van der Waals surface area contributed by atoms with E-state index < -0.39 is 0 Å². The van der Waals surface area contributed by atoms with Crippen LogP contribution in [0.4, 0.5) is 0 Å². The lowest BCUT2D eigenvalue weighted by molar-refractivity contribution is 0.0735. The summed E-state index contributed by atoms with van der Waals surface area (Å²) >= 11 is 0. The number of aromatic nitrogens is 2. The lowest BCUT2D eigenvalue weighted by Gasteiger charge is -2.07. The SMILES string of the molecule is Cc1ccc(OC(=O)c2ccc(-n3nc(C)cc3C)cc2)cc1. The van der Waals surface area contributed by atoms with Crippen LogP contribution in [0.25, 0.3) is 5.69 Å². The Labute approximate surface area is 135 Å². The van der Waals surface area contributed by atoms with E-state index in [2.05, 4.69) is 5.10 Å². The van der Waals surface area contributed by atoms with E-state index in [-0.39, 0.29) is 5.97 Å². The van der Waals surface area contributed by atoms with Crippen LogP contribution >= 0.6 is 0 Å². The minimum atomic E-state index is -0.367. The molecule has 1 heterocycles. The number of hydrogen-bond acceptors (Lipinski definition) is 3. The number of carbonyl (C=O) groups is 1. The molecule has 1 aromatic heterocycles. The van der Waals surface area contributed by atoms with Crippen LogP contribution < -0.4 is 4.74 Å². The van der Waals surface area contributed by atoms with Gasteiger partial charge in [0.2, 0.25) is 0 Å². The van der Waals surface area contributed by atoms with E-state index in [4.69, 9.17) is 4.74 Å². The first-order valence-electron chi connectivity index (χ1n) is 7.45. The zero-order chi connectivity index (χ0) is 16.4. The summed E-state index contributed by atoms with van der Waals surface area (Å²) in [5.74, 6) is 0.178. The largest absolute Gasteiger partial charge is 0.423 e. The summed E-state index contributed by atoms with van der Waals surface area (Å²) in [5, 5.41) is 4.43. The van der Waals surface area contributed by atoms with Crippen molar-refractivity contribution in [2.45, 2.75) is 20.8 Å². The molecule has 0 aliphatic heterocycles. The highest BCUT2D eigenvalue weighted by molar-refractivity contribution is 5.91. The summed E-state index contributed by atoms with van der Waals surface area (Å²) in [5.41, 5.74) is 4.57. The fraction of sp³-hybridized carbons (Fsp3) is 0.158. The van der Waals surface area contributed by atoms with Crippen molar-refractivity contribution in [1.29, 1.82) is 0 Å². The number of rotatable bonds is 3. The zero-order valence-electron chi connectivity index (χ0n) is 13.4.